The van der Waals surface area contributed by atoms with Crippen LogP contribution < -0.4 is 4.74 Å². The highest BCUT2D eigenvalue weighted by Crippen LogP contribution is 2.23. The SMILES string of the molecule is CO[C@@H]1C[C@@H](COc2cccnc2)N(C(=O)c2ccc(C)nc2)C1. The van der Waals surface area contributed by atoms with Crippen molar-refractivity contribution in [2.75, 3.05) is 20.3 Å². The van der Waals surface area contributed by atoms with Crippen LogP contribution in [0.25, 0.3) is 0 Å². The Morgan fingerprint density at radius 2 is 2.21 bits per heavy atom. The lowest BCUT2D eigenvalue weighted by Crippen LogP contribution is -2.39. The Bertz CT molecular complexity index is 676. The number of nitrogens with zero attached hydrogens (tertiary/aromatic N) is 3. The van der Waals surface area contributed by atoms with E-state index < -0.39 is 0 Å². The third-order valence-corrected chi connectivity index (χ3v) is 4.21. The van der Waals surface area contributed by atoms with Crippen molar-refractivity contribution in [3.05, 3.63) is 54.1 Å². The van der Waals surface area contributed by atoms with Crippen molar-refractivity contribution in [1.82, 2.24) is 14.9 Å². The lowest BCUT2D eigenvalue weighted by Gasteiger charge is -2.24. The molecule has 3 rings (SSSR count). The van der Waals surface area contributed by atoms with E-state index in [0.29, 0.717) is 24.5 Å². The molecule has 1 aliphatic heterocycles. The van der Waals surface area contributed by atoms with Gasteiger partial charge in [0.05, 0.1) is 23.9 Å². The van der Waals surface area contributed by atoms with E-state index in [4.69, 9.17) is 9.47 Å². The van der Waals surface area contributed by atoms with Crippen LogP contribution in [0.2, 0.25) is 0 Å². The van der Waals surface area contributed by atoms with E-state index in [-0.39, 0.29) is 18.1 Å². The molecule has 6 heteroatoms. The summed E-state index contributed by atoms with van der Waals surface area (Å²) in [6.07, 6.45) is 5.76. The fourth-order valence-electron chi connectivity index (χ4n) is 2.84. The molecule has 2 aromatic rings. The highest BCUT2D eigenvalue weighted by Gasteiger charge is 2.36. The fourth-order valence-corrected chi connectivity index (χ4v) is 2.84. The van der Waals surface area contributed by atoms with Gasteiger partial charge >= 0.3 is 0 Å². The molecular formula is C18H21N3O3. The summed E-state index contributed by atoms with van der Waals surface area (Å²) in [6, 6.07) is 7.29. The highest BCUT2D eigenvalue weighted by atomic mass is 16.5. The Labute approximate surface area is 141 Å². The van der Waals surface area contributed by atoms with Gasteiger partial charge < -0.3 is 14.4 Å². The number of hydrogen-bond donors (Lipinski definition) is 0. The summed E-state index contributed by atoms with van der Waals surface area (Å²) >= 11 is 0. The largest absolute Gasteiger partial charge is 0.490 e. The Kier molecular flexibility index (Phi) is 5.05. The van der Waals surface area contributed by atoms with Crippen molar-refractivity contribution in [2.24, 2.45) is 0 Å². The van der Waals surface area contributed by atoms with Gasteiger partial charge in [0.2, 0.25) is 0 Å². The van der Waals surface area contributed by atoms with Gasteiger partial charge in [0.15, 0.2) is 0 Å². The van der Waals surface area contributed by atoms with Crippen LogP contribution in [0.3, 0.4) is 0 Å². The molecule has 2 atom stereocenters. The molecule has 6 nitrogen and oxygen atoms in total. The zero-order chi connectivity index (χ0) is 16.9. The van der Waals surface area contributed by atoms with Gasteiger partial charge in [-0.1, -0.05) is 0 Å². The van der Waals surface area contributed by atoms with Gasteiger partial charge in [0.1, 0.15) is 12.4 Å². The summed E-state index contributed by atoms with van der Waals surface area (Å²) in [7, 11) is 1.67. The maximum atomic E-state index is 12.8. The van der Waals surface area contributed by atoms with Crippen LogP contribution in [-0.4, -0.2) is 53.2 Å². The second-order valence-corrected chi connectivity index (χ2v) is 5.89. The number of hydrogen-bond acceptors (Lipinski definition) is 5. The molecule has 1 fully saturated rings. The summed E-state index contributed by atoms with van der Waals surface area (Å²) in [6.45, 7) is 2.87. The topological polar surface area (TPSA) is 64.6 Å². The molecule has 1 saturated heterocycles. The molecule has 3 heterocycles. The van der Waals surface area contributed by atoms with Crippen molar-refractivity contribution in [1.29, 1.82) is 0 Å². The maximum absolute atomic E-state index is 12.8. The standard InChI is InChI=1S/C18H21N3O3/c1-13-5-6-14(9-20-13)18(22)21-11-17(23-2)8-15(21)12-24-16-4-3-7-19-10-16/h3-7,9-10,15,17H,8,11-12H2,1-2H3/t15-,17+/m0/s1. The van der Waals surface area contributed by atoms with Crippen LogP contribution in [0.15, 0.2) is 42.9 Å². The minimum atomic E-state index is -0.0400. The average molecular weight is 327 g/mol. The van der Waals surface area contributed by atoms with Crippen LogP contribution in [0, 0.1) is 6.92 Å². The van der Waals surface area contributed by atoms with E-state index in [1.54, 1.807) is 25.7 Å². The Morgan fingerprint density at radius 3 is 2.88 bits per heavy atom. The number of amides is 1. The molecule has 1 amide bonds. The number of likely N-dealkylation sites (tertiary alicyclic amines) is 1. The summed E-state index contributed by atoms with van der Waals surface area (Å²) in [5.41, 5.74) is 1.47. The molecule has 1 aliphatic rings. The van der Waals surface area contributed by atoms with Gasteiger partial charge in [-0.05, 0) is 37.6 Å². The number of ether oxygens (including phenoxy) is 2. The maximum Gasteiger partial charge on any atom is 0.255 e. The molecule has 0 aromatic carbocycles. The van der Waals surface area contributed by atoms with Gasteiger partial charge in [-0.2, -0.15) is 0 Å². The normalized spacial score (nSPS) is 20.2. The van der Waals surface area contributed by atoms with E-state index in [2.05, 4.69) is 9.97 Å². The minimum absolute atomic E-state index is 0.0230. The Morgan fingerprint density at radius 1 is 1.33 bits per heavy atom. The molecule has 0 radical (unpaired) electrons. The van der Waals surface area contributed by atoms with Gasteiger partial charge in [0.25, 0.3) is 5.91 Å². The Hall–Kier alpha value is -2.47. The highest BCUT2D eigenvalue weighted by molar-refractivity contribution is 5.94. The molecule has 0 bridgehead atoms. The van der Waals surface area contributed by atoms with Crippen molar-refractivity contribution in [3.8, 4) is 5.75 Å². The number of pyridine rings is 2. The lowest BCUT2D eigenvalue weighted by atomic mass is 10.2. The van der Waals surface area contributed by atoms with Crippen molar-refractivity contribution >= 4 is 5.91 Å². The number of carbonyl (C=O) groups excluding carboxylic acids is 1. The van der Waals surface area contributed by atoms with E-state index in [1.165, 1.54) is 0 Å². The molecule has 0 spiro atoms. The lowest BCUT2D eigenvalue weighted by molar-refractivity contribution is 0.0657. The van der Waals surface area contributed by atoms with Gasteiger partial charge in [-0.3, -0.25) is 14.8 Å². The number of carbonyl (C=O) groups is 1. The van der Waals surface area contributed by atoms with Gasteiger partial charge in [0, 0.05) is 31.7 Å². The predicted molar refractivity (Wildman–Crippen MR) is 88.9 cm³/mol. The first-order valence-electron chi connectivity index (χ1n) is 7.96. The monoisotopic (exact) mass is 327 g/mol. The van der Waals surface area contributed by atoms with Crippen LogP contribution in [0.1, 0.15) is 22.5 Å². The Balaban J connectivity index is 1.71. The zero-order valence-corrected chi connectivity index (χ0v) is 13.9. The van der Waals surface area contributed by atoms with Crippen LogP contribution in [0.5, 0.6) is 5.75 Å². The average Bonchev–Trinajstić information content (AvgIpc) is 3.04. The minimum Gasteiger partial charge on any atom is -0.490 e. The van der Waals surface area contributed by atoms with Crippen molar-refractivity contribution in [2.45, 2.75) is 25.5 Å². The number of rotatable bonds is 5. The van der Waals surface area contributed by atoms with Gasteiger partial charge in [-0.25, -0.2) is 0 Å². The van der Waals surface area contributed by atoms with E-state index in [0.717, 1.165) is 12.1 Å². The van der Waals surface area contributed by atoms with Gasteiger partial charge in [-0.15, -0.1) is 0 Å². The molecule has 24 heavy (non-hydrogen) atoms. The fraction of sp³-hybridized carbons (Fsp3) is 0.389. The number of aromatic nitrogens is 2. The molecule has 0 N–H and O–H groups in total. The van der Waals surface area contributed by atoms with Crippen molar-refractivity contribution < 1.29 is 14.3 Å². The molecule has 0 aliphatic carbocycles. The molecular weight excluding hydrogens is 306 g/mol. The third kappa shape index (κ3) is 3.71. The van der Waals surface area contributed by atoms with Crippen LogP contribution >= 0.6 is 0 Å². The third-order valence-electron chi connectivity index (χ3n) is 4.21. The second kappa shape index (κ2) is 7.40. The predicted octanol–water partition coefficient (Wildman–Crippen LogP) is 2.09. The van der Waals surface area contributed by atoms with Crippen LogP contribution in [0.4, 0.5) is 0 Å². The van der Waals surface area contributed by atoms with E-state index in [1.807, 2.05) is 36.1 Å². The van der Waals surface area contributed by atoms with Crippen molar-refractivity contribution in [3.63, 3.8) is 0 Å². The number of aryl methyl sites for hydroxylation is 1. The first-order valence-corrected chi connectivity index (χ1v) is 7.96. The summed E-state index contributed by atoms with van der Waals surface area (Å²) in [5.74, 6) is 0.657. The molecule has 126 valence electrons. The number of methoxy groups -OCH3 is 1. The van der Waals surface area contributed by atoms with E-state index in [9.17, 15) is 4.79 Å². The van der Waals surface area contributed by atoms with Crippen LogP contribution in [-0.2, 0) is 4.74 Å². The smallest absolute Gasteiger partial charge is 0.255 e. The second-order valence-electron chi connectivity index (χ2n) is 5.89. The molecule has 2 aromatic heterocycles. The first kappa shape index (κ1) is 16.4. The summed E-state index contributed by atoms with van der Waals surface area (Å²) in [4.78, 5) is 22.9. The summed E-state index contributed by atoms with van der Waals surface area (Å²) in [5, 5.41) is 0. The summed E-state index contributed by atoms with van der Waals surface area (Å²) < 4.78 is 11.2. The first-order chi connectivity index (χ1) is 11.7. The quantitative estimate of drug-likeness (QED) is 0.841. The molecule has 0 unspecified atom stereocenters. The molecule has 0 saturated carbocycles. The zero-order valence-electron chi connectivity index (χ0n) is 13.9. The van der Waals surface area contributed by atoms with E-state index >= 15 is 0 Å².